The van der Waals surface area contributed by atoms with Crippen molar-refractivity contribution in [3.05, 3.63) is 30.3 Å². The summed E-state index contributed by atoms with van der Waals surface area (Å²) in [6.07, 6.45) is 0.894. The van der Waals surface area contributed by atoms with E-state index in [1.807, 2.05) is 37.3 Å². The standard InChI is InChI=1S/C15H19N5O2S/c1-11(14(21)19(2)12-6-4-3-5-7-12)23-15-16-17-18-20(15)13-8-9-22-10-13/h3-7,11,13H,8-10H2,1-2H3. The van der Waals surface area contributed by atoms with Crippen molar-refractivity contribution in [3.8, 4) is 0 Å². The van der Waals surface area contributed by atoms with Crippen LogP contribution in [0.1, 0.15) is 19.4 Å². The van der Waals surface area contributed by atoms with E-state index in [4.69, 9.17) is 4.74 Å². The van der Waals surface area contributed by atoms with Gasteiger partial charge in [0.05, 0.1) is 17.9 Å². The first-order chi connectivity index (χ1) is 11.2. The van der Waals surface area contributed by atoms with Crippen LogP contribution in [0.15, 0.2) is 35.5 Å². The predicted molar refractivity (Wildman–Crippen MR) is 87.5 cm³/mol. The molecule has 2 heterocycles. The summed E-state index contributed by atoms with van der Waals surface area (Å²) in [5.41, 5.74) is 0.869. The zero-order valence-corrected chi connectivity index (χ0v) is 13.9. The zero-order chi connectivity index (χ0) is 16.2. The second-order valence-electron chi connectivity index (χ2n) is 5.42. The Morgan fingerprint density at radius 2 is 2.22 bits per heavy atom. The van der Waals surface area contributed by atoms with Crippen LogP contribution in [-0.2, 0) is 9.53 Å². The lowest BCUT2D eigenvalue weighted by Gasteiger charge is -2.21. The zero-order valence-electron chi connectivity index (χ0n) is 13.1. The van der Waals surface area contributed by atoms with E-state index in [0.717, 1.165) is 18.7 Å². The highest BCUT2D eigenvalue weighted by Gasteiger charge is 2.26. The molecule has 2 aromatic rings. The van der Waals surface area contributed by atoms with Crippen LogP contribution in [0.2, 0.25) is 0 Å². The fourth-order valence-corrected chi connectivity index (χ4v) is 3.42. The number of thioether (sulfide) groups is 1. The van der Waals surface area contributed by atoms with Crippen LogP contribution in [0.3, 0.4) is 0 Å². The van der Waals surface area contributed by atoms with Gasteiger partial charge in [0.2, 0.25) is 11.1 Å². The molecule has 122 valence electrons. The second-order valence-corrected chi connectivity index (χ2v) is 6.72. The molecule has 1 amide bonds. The summed E-state index contributed by atoms with van der Waals surface area (Å²) in [7, 11) is 1.78. The smallest absolute Gasteiger partial charge is 0.240 e. The Balaban J connectivity index is 1.68. The van der Waals surface area contributed by atoms with Gasteiger partial charge >= 0.3 is 0 Å². The molecule has 1 aromatic heterocycles. The van der Waals surface area contributed by atoms with Gasteiger partial charge in [-0.05, 0) is 35.9 Å². The molecule has 23 heavy (non-hydrogen) atoms. The maximum absolute atomic E-state index is 12.6. The highest BCUT2D eigenvalue weighted by Crippen LogP contribution is 2.27. The van der Waals surface area contributed by atoms with Gasteiger partial charge in [-0.15, -0.1) is 5.10 Å². The number of nitrogens with zero attached hydrogens (tertiary/aromatic N) is 5. The Morgan fingerprint density at radius 1 is 1.43 bits per heavy atom. The molecule has 0 aliphatic carbocycles. The molecule has 0 spiro atoms. The number of amides is 1. The Labute approximate surface area is 139 Å². The molecule has 0 radical (unpaired) electrons. The summed E-state index contributed by atoms with van der Waals surface area (Å²) in [6, 6.07) is 9.74. The van der Waals surface area contributed by atoms with E-state index in [1.54, 1.807) is 16.6 Å². The van der Waals surface area contributed by atoms with Crippen molar-refractivity contribution in [2.45, 2.75) is 29.8 Å². The molecule has 2 unspecified atom stereocenters. The van der Waals surface area contributed by atoms with E-state index in [0.29, 0.717) is 11.8 Å². The number of para-hydroxylation sites is 1. The van der Waals surface area contributed by atoms with Crippen LogP contribution in [0, 0.1) is 0 Å². The lowest BCUT2D eigenvalue weighted by molar-refractivity contribution is -0.117. The van der Waals surface area contributed by atoms with Crippen LogP contribution >= 0.6 is 11.8 Å². The van der Waals surface area contributed by atoms with Crippen molar-refractivity contribution in [3.63, 3.8) is 0 Å². The SMILES string of the molecule is CC(Sc1nnnn1C1CCOC1)C(=O)N(C)c1ccccc1. The molecular weight excluding hydrogens is 314 g/mol. The highest BCUT2D eigenvalue weighted by molar-refractivity contribution is 8.00. The molecule has 7 nitrogen and oxygen atoms in total. The summed E-state index contributed by atoms with van der Waals surface area (Å²) < 4.78 is 7.15. The van der Waals surface area contributed by atoms with E-state index in [1.165, 1.54) is 11.8 Å². The molecule has 0 saturated carbocycles. The van der Waals surface area contributed by atoms with Gasteiger partial charge in [-0.3, -0.25) is 4.79 Å². The molecular formula is C15H19N5O2S. The molecule has 1 aliphatic rings. The number of anilines is 1. The van der Waals surface area contributed by atoms with Crippen molar-refractivity contribution in [2.75, 3.05) is 25.2 Å². The quantitative estimate of drug-likeness (QED) is 0.777. The second kappa shape index (κ2) is 7.10. The topological polar surface area (TPSA) is 73.1 Å². The minimum Gasteiger partial charge on any atom is -0.379 e. The molecule has 0 N–H and O–H groups in total. The lowest BCUT2D eigenvalue weighted by atomic mass is 10.3. The maximum atomic E-state index is 12.6. The summed E-state index contributed by atoms with van der Waals surface area (Å²) >= 11 is 1.37. The van der Waals surface area contributed by atoms with Crippen molar-refractivity contribution < 1.29 is 9.53 Å². The summed E-state index contributed by atoms with van der Waals surface area (Å²) in [6.45, 7) is 3.21. The first-order valence-electron chi connectivity index (χ1n) is 7.51. The van der Waals surface area contributed by atoms with E-state index in [9.17, 15) is 4.79 Å². The third-order valence-electron chi connectivity index (χ3n) is 3.82. The van der Waals surface area contributed by atoms with Crippen LogP contribution < -0.4 is 4.90 Å². The third kappa shape index (κ3) is 3.53. The lowest BCUT2D eigenvalue weighted by Crippen LogP contribution is -2.33. The molecule has 1 saturated heterocycles. The van der Waals surface area contributed by atoms with E-state index in [2.05, 4.69) is 15.5 Å². The molecule has 1 aliphatic heterocycles. The number of carbonyl (C=O) groups is 1. The van der Waals surface area contributed by atoms with E-state index in [-0.39, 0.29) is 17.2 Å². The van der Waals surface area contributed by atoms with Crippen molar-refractivity contribution in [1.82, 2.24) is 20.2 Å². The van der Waals surface area contributed by atoms with Gasteiger partial charge < -0.3 is 9.64 Å². The van der Waals surface area contributed by atoms with Crippen molar-refractivity contribution in [1.29, 1.82) is 0 Å². The van der Waals surface area contributed by atoms with Gasteiger partial charge in [0, 0.05) is 19.3 Å². The van der Waals surface area contributed by atoms with Crippen LogP contribution in [0.4, 0.5) is 5.69 Å². The summed E-state index contributed by atoms with van der Waals surface area (Å²) in [4.78, 5) is 14.3. The fraction of sp³-hybridized carbons (Fsp3) is 0.467. The van der Waals surface area contributed by atoms with Gasteiger partial charge in [-0.1, -0.05) is 30.0 Å². The number of aromatic nitrogens is 4. The minimum atomic E-state index is -0.285. The predicted octanol–water partition coefficient (Wildman–Crippen LogP) is 1.78. The van der Waals surface area contributed by atoms with Gasteiger partial charge in [0.15, 0.2) is 0 Å². The average Bonchev–Trinajstić information content (AvgIpc) is 3.25. The fourth-order valence-electron chi connectivity index (χ4n) is 2.47. The minimum absolute atomic E-state index is 0.0124. The average molecular weight is 333 g/mol. The van der Waals surface area contributed by atoms with Gasteiger partial charge in [-0.2, -0.15) is 0 Å². The number of tetrazole rings is 1. The van der Waals surface area contributed by atoms with E-state index < -0.39 is 0 Å². The van der Waals surface area contributed by atoms with Crippen LogP contribution in [0.25, 0.3) is 0 Å². The van der Waals surface area contributed by atoms with Crippen LogP contribution in [-0.4, -0.2) is 51.6 Å². The summed E-state index contributed by atoms with van der Waals surface area (Å²) in [5.74, 6) is 0.0124. The number of hydrogen-bond acceptors (Lipinski definition) is 6. The molecule has 0 bridgehead atoms. The van der Waals surface area contributed by atoms with Gasteiger partial charge in [-0.25, -0.2) is 4.68 Å². The number of benzene rings is 1. The molecule has 8 heteroatoms. The first kappa shape index (κ1) is 15.9. The number of carbonyl (C=O) groups excluding carboxylic acids is 1. The number of hydrogen-bond donors (Lipinski definition) is 0. The van der Waals surface area contributed by atoms with Crippen molar-refractivity contribution in [2.24, 2.45) is 0 Å². The number of ether oxygens (including phenoxy) is 1. The van der Waals surface area contributed by atoms with Gasteiger partial charge in [0.1, 0.15) is 0 Å². The van der Waals surface area contributed by atoms with Gasteiger partial charge in [0.25, 0.3) is 0 Å². The van der Waals surface area contributed by atoms with E-state index >= 15 is 0 Å². The largest absolute Gasteiger partial charge is 0.379 e. The Bertz CT molecular complexity index is 657. The van der Waals surface area contributed by atoms with Crippen LogP contribution in [0.5, 0.6) is 0 Å². The molecule has 1 aromatic carbocycles. The molecule has 1 fully saturated rings. The molecule has 2 atom stereocenters. The molecule has 3 rings (SSSR count). The monoisotopic (exact) mass is 333 g/mol. The van der Waals surface area contributed by atoms with Crippen molar-refractivity contribution >= 4 is 23.4 Å². The highest BCUT2D eigenvalue weighted by atomic mass is 32.2. The summed E-state index contributed by atoms with van der Waals surface area (Å²) in [5, 5.41) is 12.2. The Kier molecular flexibility index (Phi) is 4.92. The first-order valence-corrected chi connectivity index (χ1v) is 8.39. The Hall–Kier alpha value is -1.93. The normalized spacial score (nSPS) is 18.8. The number of rotatable bonds is 5. The third-order valence-corrected chi connectivity index (χ3v) is 4.85. The maximum Gasteiger partial charge on any atom is 0.240 e. The Morgan fingerprint density at radius 3 is 2.91 bits per heavy atom.